The summed E-state index contributed by atoms with van der Waals surface area (Å²) in [6.07, 6.45) is 0.930. The Labute approximate surface area is 143 Å². The van der Waals surface area contributed by atoms with E-state index in [4.69, 9.17) is 5.26 Å². The molecule has 1 N–H and O–H groups in total. The molecule has 1 aromatic carbocycles. The topological polar surface area (TPSA) is 104 Å². The summed E-state index contributed by atoms with van der Waals surface area (Å²) in [6.45, 7) is 1.77. The minimum atomic E-state index is -4.05. The standard InChI is InChI=1S/C15H15BrN2O4S/c1-9-6-11(19)2-4-13(9)15(20)18-23(21,22)12-3-5-14(16)10(7-12)8-17/h3,5,7,9,13H,2,4,6H2,1H3,(H,18,20)/t9-,13+/m0/s1. The van der Waals surface area contributed by atoms with E-state index >= 15 is 0 Å². The number of Topliss-reactive ketones (excluding diaryl/α,β-unsaturated/α-hetero) is 1. The molecule has 2 rings (SSSR count). The first-order valence-corrected chi connectivity index (χ1v) is 9.30. The van der Waals surface area contributed by atoms with Gasteiger partial charge in [-0.25, -0.2) is 13.1 Å². The SMILES string of the molecule is C[C@H]1CC(=O)CC[C@H]1C(=O)NS(=O)(=O)c1ccc(Br)c(C#N)c1. The van der Waals surface area contributed by atoms with Gasteiger partial charge < -0.3 is 0 Å². The maximum Gasteiger partial charge on any atom is 0.264 e. The Morgan fingerprint density at radius 1 is 1.43 bits per heavy atom. The van der Waals surface area contributed by atoms with Gasteiger partial charge in [0.25, 0.3) is 10.0 Å². The summed E-state index contributed by atoms with van der Waals surface area (Å²) in [5, 5.41) is 8.96. The van der Waals surface area contributed by atoms with E-state index in [0.717, 1.165) is 0 Å². The highest BCUT2D eigenvalue weighted by Gasteiger charge is 2.33. The van der Waals surface area contributed by atoms with Gasteiger partial charge in [-0.1, -0.05) is 6.92 Å². The number of carbonyl (C=O) groups is 2. The Hall–Kier alpha value is -1.72. The van der Waals surface area contributed by atoms with Crippen molar-refractivity contribution in [1.29, 1.82) is 5.26 Å². The zero-order chi connectivity index (χ0) is 17.2. The number of halogens is 1. The van der Waals surface area contributed by atoms with Crippen LogP contribution in [0.3, 0.4) is 0 Å². The van der Waals surface area contributed by atoms with Crippen LogP contribution in [0.5, 0.6) is 0 Å². The third-order valence-electron chi connectivity index (χ3n) is 3.91. The lowest BCUT2D eigenvalue weighted by molar-refractivity contribution is -0.129. The number of benzene rings is 1. The first-order valence-electron chi connectivity index (χ1n) is 7.02. The lowest BCUT2D eigenvalue weighted by Gasteiger charge is -2.26. The second-order valence-corrected chi connectivity index (χ2v) is 8.13. The van der Waals surface area contributed by atoms with Crippen molar-refractivity contribution in [2.45, 2.75) is 31.1 Å². The summed E-state index contributed by atoms with van der Waals surface area (Å²) in [5.41, 5.74) is 0.164. The van der Waals surface area contributed by atoms with Crippen molar-refractivity contribution >= 4 is 37.6 Å². The molecule has 1 aliphatic rings. The minimum Gasteiger partial charge on any atom is -0.300 e. The lowest BCUT2D eigenvalue weighted by Crippen LogP contribution is -2.40. The second-order valence-electron chi connectivity index (χ2n) is 5.59. The van der Waals surface area contributed by atoms with Crippen LogP contribution in [0.2, 0.25) is 0 Å². The Kier molecular flexibility index (Phi) is 5.22. The third kappa shape index (κ3) is 3.98. The molecular formula is C15H15BrN2O4S. The largest absolute Gasteiger partial charge is 0.300 e. The van der Waals surface area contributed by atoms with Crippen molar-refractivity contribution < 1.29 is 18.0 Å². The number of rotatable bonds is 3. The summed E-state index contributed by atoms with van der Waals surface area (Å²) in [5.74, 6) is -1.21. The van der Waals surface area contributed by atoms with Gasteiger partial charge in [-0.05, 0) is 46.5 Å². The first kappa shape index (κ1) is 17.6. The smallest absolute Gasteiger partial charge is 0.264 e. The zero-order valence-corrected chi connectivity index (χ0v) is 14.8. The van der Waals surface area contributed by atoms with Crippen LogP contribution >= 0.6 is 15.9 Å². The number of nitrogens with one attached hydrogen (secondary N) is 1. The first-order chi connectivity index (χ1) is 10.7. The van der Waals surface area contributed by atoms with Gasteiger partial charge in [0.05, 0.1) is 10.5 Å². The molecule has 0 unspecified atom stereocenters. The molecule has 0 saturated heterocycles. The number of nitriles is 1. The second kappa shape index (κ2) is 6.81. The van der Waals surface area contributed by atoms with Crippen LogP contribution in [0.25, 0.3) is 0 Å². The van der Waals surface area contributed by atoms with Crippen LogP contribution < -0.4 is 4.72 Å². The summed E-state index contributed by atoms with van der Waals surface area (Å²) in [6, 6.07) is 5.83. The minimum absolute atomic E-state index is 0.0935. The summed E-state index contributed by atoms with van der Waals surface area (Å²) in [4.78, 5) is 23.5. The van der Waals surface area contributed by atoms with E-state index in [2.05, 4.69) is 20.7 Å². The van der Waals surface area contributed by atoms with Gasteiger partial charge in [0.2, 0.25) is 5.91 Å². The lowest BCUT2D eigenvalue weighted by atomic mass is 9.79. The van der Waals surface area contributed by atoms with Gasteiger partial charge in [-0.15, -0.1) is 0 Å². The van der Waals surface area contributed by atoms with Crippen molar-refractivity contribution in [2.75, 3.05) is 0 Å². The van der Waals surface area contributed by atoms with E-state index in [9.17, 15) is 18.0 Å². The van der Waals surface area contributed by atoms with Crippen molar-refractivity contribution in [3.05, 3.63) is 28.2 Å². The maximum absolute atomic E-state index is 12.3. The van der Waals surface area contributed by atoms with Gasteiger partial charge >= 0.3 is 0 Å². The molecule has 1 aromatic rings. The Morgan fingerprint density at radius 3 is 2.74 bits per heavy atom. The van der Waals surface area contributed by atoms with Gasteiger partial charge in [-0.2, -0.15) is 5.26 Å². The van der Waals surface area contributed by atoms with E-state index < -0.39 is 21.8 Å². The Balaban J connectivity index is 2.20. The van der Waals surface area contributed by atoms with Crippen LogP contribution in [-0.4, -0.2) is 20.1 Å². The van der Waals surface area contributed by atoms with Gasteiger partial charge in [0, 0.05) is 23.2 Å². The number of nitrogens with zero attached hydrogens (tertiary/aromatic N) is 1. The fourth-order valence-electron chi connectivity index (χ4n) is 2.62. The van der Waals surface area contributed by atoms with E-state index in [1.807, 2.05) is 6.07 Å². The normalized spacial score (nSPS) is 21.5. The number of amides is 1. The van der Waals surface area contributed by atoms with Crippen LogP contribution in [0.1, 0.15) is 31.7 Å². The quantitative estimate of drug-likeness (QED) is 0.839. The maximum atomic E-state index is 12.3. The third-order valence-corrected chi connectivity index (χ3v) is 5.95. The van der Waals surface area contributed by atoms with Crippen molar-refractivity contribution in [2.24, 2.45) is 11.8 Å². The van der Waals surface area contributed by atoms with Gasteiger partial charge in [-0.3, -0.25) is 9.59 Å². The average molecular weight is 399 g/mol. The summed E-state index contributed by atoms with van der Waals surface area (Å²) >= 11 is 3.15. The van der Waals surface area contributed by atoms with E-state index in [1.165, 1.54) is 18.2 Å². The van der Waals surface area contributed by atoms with E-state index in [0.29, 0.717) is 17.3 Å². The molecule has 0 aliphatic heterocycles. The molecule has 0 aromatic heterocycles. The Morgan fingerprint density at radius 2 is 2.13 bits per heavy atom. The molecule has 1 amide bonds. The highest BCUT2D eigenvalue weighted by Crippen LogP contribution is 2.28. The predicted octanol–water partition coefficient (Wildman–Crippen LogP) is 2.13. The molecule has 0 bridgehead atoms. The molecule has 122 valence electrons. The zero-order valence-electron chi connectivity index (χ0n) is 12.4. The number of ketones is 1. The monoisotopic (exact) mass is 398 g/mol. The predicted molar refractivity (Wildman–Crippen MR) is 85.7 cm³/mol. The van der Waals surface area contributed by atoms with Crippen LogP contribution in [0, 0.1) is 23.2 Å². The highest BCUT2D eigenvalue weighted by atomic mass is 79.9. The van der Waals surface area contributed by atoms with Crippen molar-refractivity contribution in [3.63, 3.8) is 0 Å². The van der Waals surface area contributed by atoms with Gasteiger partial charge in [0.15, 0.2) is 0 Å². The van der Waals surface area contributed by atoms with Gasteiger partial charge in [0.1, 0.15) is 11.9 Å². The molecule has 1 fully saturated rings. The molecule has 1 aliphatic carbocycles. The molecule has 8 heteroatoms. The highest BCUT2D eigenvalue weighted by molar-refractivity contribution is 9.10. The Bertz CT molecular complexity index is 798. The van der Waals surface area contributed by atoms with E-state index in [1.54, 1.807) is 6.92 Å². The average Bonchev–Trinajstić information content (AvgIpc) is 2.46. The molecule has 0 spiro atoms. The van der Waals surface area contributed by atoms with Crippen LogP contribution in [-0.2, 0) is 19.6 Å². The van der Waals surface area contributed by atoms with Crippen molar-refractivity contribution in [3.8, 4) is 6.07 Å². The molecule has 6 nitrogen and oxygen atoms in total. The number of hydrogen-bond acceptors (Lipinski definition) is 5. The molecule has 0 radical (unpaired) electrons. The molecule has 23 heavy (non-hydrogen) atoms. The number of carbonyl (C=O) groups excluding carboxylic acids is 2. The van der Waals surface area contributed by atoms with Crippen LogP contribution in [0.15, 0.2) is 27.6 Å². The fourth-order valence-corrected chi connectivity index (χ4v) is 4.01. The number of sulfonamides is 1. The number of hydrogen-bond donors (Lipinski definition) is 1. The van der Waals surface area contributed by atoms with Crippen LogP contribution in [0.4, 0.5) is 0 Å². The summed E-state index contributed by atoms with van der Waals surface area (Å²) in [7, 11) is -4.05. The molecular weight excluding hydrogens is 384 g/mol. The van der Waals surface area contributed by atoms with Crippen molar-refractivity contribution in [1.82, 2.24) is 4.72 Å². The molecule has 1 saturated carbocycles. The molecule has 0 heterocycles. The fraction of sp³-hybridized carbons (Fsp3) is 0.400. The van der Waals surface area contributed by atoms with E-state index in [-0.39, 0.29) is 28.6 Å². The molecule has 2 atom stereocenters. The summed E-state index contributed by atoms with van der Waals surface area (Å²) < 4.78 is 27.2.